The molecule has 0 aliphatic carbocycles. The van der Waals surface area contributed by atoms with E-state index in [1.165, 1.54) is 19.1 Å². The van der Waals surface area contributed by atoms with Crippen molar-refractivity contribution in [2.24, 2.45) is 5.16 Å². The van der Waals surface area contributed by atoms with Crippen LogP contribution in [0.4, 0.5) is 9.18 Å². The van der Waals surface area contributed by atoms with E-state index >= 15 is 0 Å². The van der Waals surface area contributed by atoms with Crippen LogP contribution in [0.5, 0.6) is 0 Å². The van der Waals surface area contributed by atoms with Gasteiger partial charge < -0.3 is 14.7 Å². The third kappa shape index (κ3) is 2.52. The van der Waals surface area contributed by atoms with Crippen molar-refractivity contribution in [3.05, 3.63) is 35.6 Å². The lowest BCUT2D eigenvalue weighted by Crippen LogP contribution is -2.31. The van der Waals surface area contributed by atoms with Gasteiger partial charge in [0.2, 0.25) is 0 Å². The lowest BCUT2D eigenvalue weighted by molar-refractivity contribution is -0.180. The third-order valence-electron chi connectivity index (χ3n) is 2.30. The number of ether oxygens (including phenoxy) is 1. The third-order valence-corrected chi connectivity index (χ3v) is 2.30. The Morgan fingerprint density at radius 1 is 1.65 bits per heavy atom. The predicted octanol–water partition coefficient (Wildman–Crippen LogP) is 2.36. The maximum Gasteiger partial charge on any atom is 0.509 e. The quantitative estimate of drug-likeness (QED) is 0.804. The molecule has 90 valence electrons. The molecule has 1 aliphatic rings. The van der Waals surface area contributed by atoms with Gasteiger partial charge in [0.05, 0.1) is 12.1 Å². The van der Waals surface area contributed by atoms with Crippen molar-refractivity contribution in [1.29, 1.82) is 0 Å². The molecule has 2 rings (SSSR count). The van der Waals surface area contributed by atoms with Gasteiger partial charge in [0.1, 0.15) is 5.82 Å². The molecule has 0 saturated carbocycles. The van der Waals surface area contributed by atoms with Crippen molar-refractivity contribution in [2.45, 2.75) is 19.1 Å². The van der Waals surface area contributed by atoms with Crippen molar-refractivity contribution in [3.8, 4) is 0 Å². The van der Waals surface area contributed by atoms with Crippen LogP contribution in [0.25, 0.3) is 0 Å². The predicted molar refractivity (Wildman–Crippen MR) is 56.2 cm³/mol. The van der Waals surface area contributed by atoms with Gasteiger partial charge in [0.25, 0.3) is 5.79 Å². The SMILES string of the molecule is CC1(OC(=O)O)CC(c2cccc(F)c2)=NO1. The van der Waals surface area contributed by atoms with Crippen LogP contribution in [-0.4, -0.2) is 22.8 Å². The highest BCUT2D eigenvalue weighted by atomic mass is 19.1. The van der Waals surface area contributed by atoms with E-state index in [2.05, 4.69) is 9.89 Å². The molecule has 1 aromatic rings. The lowest BCUT2D eigenvalue weighted by atomic mass is 10.0. The largest absolute Gasteiger partial charge is 0.509 e. The summed E-state index contributed by atoms with van der Waals surface area (Å²) >= 11 is 0. The first-order valence-electron chi connectivity index (χ1n) is 4.91. The van der Waals surface area contributed by atoms with Crippen molar-refractivity contribution in [3.63, 3.8) is 0 Å². The number of halogens is 1. The fourth-order valence-electron chi connectivity index (χ4n) is 1.58. The normalized spacial score (nSPS) is 22.8. The van der Waals surface area contributed by atoms with Crippen molar-refractivity contribution >= 4 is 11.9 Å². The Labute approximate surface area is 96.4 Å². The molecule has 1 N–H and O–H groups in total. The number of rotatable bonds is 2. The first-order chi connectivity index (χ1) is 7.98. The smallest absolute Gasteiger partial charge is 0.450 e. The Bertz CT molecular complexity index is 488. The van der Waals surface area contributed by atoms with E-state index < -0.39 is 17.8 Å². The number of carbonyl (C=O) groups is 1. The molecule has 1 unspecified atom stereocenters. The molecule has 5 nitrogen and oxygen atoms in total. The maximum absolute atomic E-state index is 13.0. The molecule has 0 aromatic heterocycles. The van der Waals surface area contributed by atoms with Gasteiger partial charge in [-0.3, -0.25) is 0 Å². The van der Waals surface area contributed by atoms with Gasteiger partial charge in [-0.1, -0.05) is 17.3 Å². The minimum Gasteiger partial charge on any atom is -0.450 e. The molecule has 1 aliphatic heterocycles. The van der Waals surface area contributed by atoms with Crippen LogP contribution in [0.1, 0.15) is 18.9 Å². The topological polar surface area (TPSA) is 68.1 Å². The minimum atomic E-state index is -1.44. The van der Waals surface area contributed by atoms with Gasteiger partial charge in [-0.2, -0.15) is 0 Å². The molecular weight excluding hydrogens is 229 g/mol. The zero-order chi connectivity index (χ0) is 12.5. The summed E-state index contributed by atoms with van der Waals surface area (Å²) in [6, 6.07) is 5.82. The highest BCUT2D eigenvalue weighted by molar-refractivity contribution is 6.01. The second-order valence-electron chi connectivity index (χ2n) is 3.82. The van der Waals surface area contributed by atoms with E-state index in [-0.39, 0.29) is 6.42 Å². The Morgan fingerprint density at radius 2 is 2.41 bits per heavy atom. The molecule has 1 atom stereocenters. The molecule has 0 radical (unpaired) electrons. The molecule has 1 aromatic carbocycles. The summed E-state index contributed by atoms with van der Waals surface area (Å²) in [5, 5.41) is 12.2. The van der Waals surface area contributed by atoms with Crippen LogP contribution in [-0.2, 0) is 9.57 Å². The number of hydrogen-bond donors (Lipinski definition) is 1. The molecule has 17 heavy (non-hydrogen) atoms. The van der Waals surface area contributed by atoms with Crippen LogP contribution >= 0.6 is 0 Å². The van der Waals surface area contributed by atoms with Crippen LogP contribution in [0.3, 0.4) is 0 Å². The standard InChI is InChI=1S/C11H10FNO4/c1-11(16-10(14)15)6-9(13-17-11)7-3-2-4-8(12)5-7/h2-5H,6H2,1H3,(H,14,15). The fourth-order valence-corrected chi connectivity index (χ4v) is 1.58. The summed E-state index contributed by atoms with van der Waals surface area (Å²) in [6.45, 7) is 1.46. The summed E-state index contributed by atoms with van der Waals surface area (Å²) < 4.78 is 17.6. The van der Waals surface area contributed by atoms with Gasteiger partial charge in [-0.05, 0) is 12.1 Å². The summed E-state index contributed by atoms with van der Waals surface area (Å²) in [4.78, 5) is 15.4. The summed E-state index contributed by atoms with van der Waals surface area (Å²) in [7, 11) is 0. The van der Waals surface area contributed by atoms with Gasteiger partial charge >= 0.3 is 6.16 Å². The van der Waals surface area contributed by atoms with E-state index in [1.807, 2.05) is 0 Å². The molecule has 0 spiro atoms. The number of carboxylic acid groups (broad SMARTS) is 1. The second kappa shape index (κ2) is 4.04. The van der Waals surface area contributed by atoms with Crippen molar-refractivity contribution in [1.82, 2.24) is 0 Å². The summed E-state index contributed by atoms with van der Waals surface area (Å²) in [6.07, 6.45) is -1.30. The Kier molecular flexibility index (Phi) is 2.71. The highest BCUT2D eigenvalue weighted by Gasteiger charge is 2.38. The molecule has 0 amide bonds. The Balaban J connectivity index is 2.14. The monoisotopic (exact) mass is 239 g/mol. The van der Waals surface area contributed by atoms with Crippen LogP contribution in [0, 0.1) is 5.82 Å². The molecule has 6 heteroatoms. The number of benzene rings is 1. The number of nitrogens with zero attached hydrogens (tertiary/aromatic N) is 1. The van der Waals surface area contributed by atoms with E-state index in [4.69, 9.17) is 9.94 Å². The number of oxime groups is 1. The first kappa shape index (κ1) is 11.4. The Hall–Kier alpha value is -2.11. The van der Waals surface area contributed by atoms with Gasteiger partial charge in [-0.25, -0.2) is 9.18 Å². The number of hydrogen-bond acceptors (Lipinski definition) is 4. The van der Waals surface area contributed by atoms with Crippen LogP contribution < -0.4 is 0 Å². The zero-order valence-electron chi connectivity index (χ0n) is 9.01. The van der Waals surface area contributed by atoms with Gasteiger partial charge in [0, 0.05) is 12.5 Å². The molecular formula is C11H10FNO4. The maximum atomic E-state index is 13.0. The summed E-state index contributed by atoms with van der Waals surface area (Å²) in [5.74, 6) is -1.73. The van der Waals surface area contributed by atoms with E-state index in [0.717, 1.165) is 0 Å². The van der Waals surface area contributed by atoms with Gasteiger partial charge in [-0.15, -0.1) is 0 Å². The Morgan fingerprint density at radius 3 is 3.06 bits per heavy atom. The molecule has 0 fully saturated rings. The fraction of sp³-hybridized carbons (Fsp3) is 0.273. The summed E-state index contributed by atoms with van der Waals surface area (Å²) in [5.41, 5.74) is 0.996. The minimum absolute atomic E-state index is 0.142. The first-order valence-corrected chi connectivity index (χ1v) is 4.91. The van der Waals surface area contributed by atoms with Crippen LogP contribution in [0.15, 0.2) is 29.4 Å². The van der Waals surface area contributed by atoms with Gasteiger partial charge in [0.15, 0.2) is 0 Å². The van der Waals surface area contributed by atoms with E-state index in [0.29, 0.717) is 11.3 Å². The second-order valence-corrected chi connectivity index (χ2v) is 3.82. The molecule has 0 saturated heterocycles. The van der Waals surface area contributed by atoms with Crippen molar-refractivity contribution in [2.75, 3.05) is 0 Å². The van der Waals surface area contributed by atoms with E-state index in [9.17, 15) is 9.18 Å². The zero-order valence-corrected chi connectivity index (χ0v) is 9.01. The lowest BCUT2D eigenvalue weighted by Gasteiger charge is -2.18. The van der Waals surface area contributed by atoms with Crippen LogP contribution in [0.2, 0.25) is 0 Å². The van der Waals surface area contributed by atoms with Crippen molar-refractivity contribution < 1.29 is 23.9 Å². The van der Waals surface area contributed by atoms with E-state index in [1.54, 1.807) is 12.1 Å². The average molecular weight is 239 g/mol. The highest BCUT2D eigenvalue weighted by Crippen LogP contribution is 2.27. The molecule has 0 bridgehead atoms. The molecule has 1 heterocycles. The average Bonchev–Trinajstić information content (AvgIpc) is 2.59.